The van der Waals surface area contributed by atoms with E-state index < -0.39 is 5.97 Å². The van der Waals surface area contributed by atoms with Crippen LogP contribution in [0.2, 0.25) is 0 Å². The number of piperidine rings is 1. The second-order valence-corrected chi connectivity index (χ2v) is 4.24. The third-order valence-corrected chi connectivity index (χ3v) is 3.03. The minimum absolute atomic E-state index is 0.199. The first kappa shape index (κ1) is 11.1. The third kappa shape index (κ3) is 2.79. The molecule has 1 aromatic heterocycles. The van der Waals surface area contributed by atoms with Crippen LogP contribution in [0.5, 0.6) is 0 Å². The van der Waals surface area contributed by atoms with Gasteiger partial charge in [0, 0.05) is 24.4 Å². The van der Waals surface area contributed by atoms with E-state index >= 15 is 0 Å². The van der Waals surface area contributed by atoms with Crippen molar-refractivity contribution in [3.63, 3.8) is 0 Å². The Morgan fingerprint density at radius 1 is 1.56 bits per heavy atom. The van der Waals surface area contributed by atoms with Gasteiger partial charge >= 0.3 is 5.97 Å². The Balaban J connectivity index is 1.93. The highest BCUT2D eigenvalue weighted by Gasteiger charge is 2.26. The Bertz CT molecular complexity index is 353. The van der Waals surface area contributed by atoms with E-state index in [1.807, 2.05) is 18.2 Å². The summed E-state index contributed by atoms with van der Waals surface area (Å²) in [5.41, 5.74) is 1.02. The molecule has 0 saturated carbocycles. The molecule has 1 aromatic rings. The van der Waals surface area contributed by atoms with Crippen LogP contribution < -0.4 is 5.32 Å². The molecule has 1 aliphatic rings. The molecule has 0 aromatic carbocycles. The number of carbonyl (C=O) groups is 1. The molecule has 86 valence electrons. The Hall–Kier alpha value is -1.42. The fraction of sp³-hybridized carbons (Fsp3) is 0.500. The van der Waals surface area contributed by atoms with Crippen LogP contribution in [0.25, 0.3) is 0 Å². The lowest BCUT2D eigenvalue weighted by atomic mass is 9.90. The molecular weight excluding hydrogens is 204 g/mol. The van der Waals surface area contributed by atoms with Gasteiger partial charge in [-0.25, -0.2) is 0 Å². The van der Waals surface area contributed by atoms with Crippen LogP contribution >= 0.6 is 0 Å². The van der Waals surface area contributed by atoms with Crippen molar-refractivity contribution in [3.05, 3.63) is 30.1 Å². The lowest BCUT2D eigenvalue weighted by Crippen LogP contribution is -2.41. The van der Waals surface area contributed by atoms with E-state index in [-0.39, 0.29) is 12.0 Å². The molecule has 2 rings (SSSR count). The summed E-state index contributed by atoms with van der Waals surface area (Å²) >= 11 is 0. The Labute approximate surface area is 94.7 Å². The molecule has 2 N–H and O–H groups in total. The maximum atomic E-state index is 10.9. The van der Waals surface area contributed by atoms with Gasteiger partial charge in [0.2, 0.25) is 0 Å². The molecule has 0 radical (unpaired) electrons. The smallest absolute Gasteiger partial charge is 0.306 e. The maximum Gasteiger partial charge on any atom is 0.306 e. The number of pyridine rings is 1. The topological polar surface area (TPSA) is 62.2 Å². The molecule has 0 aliphatic carbocycles. The average molecular weight is 220 g/mol. The average Bonchev–Trinajstić information content (AvgIpc) is 2.30. The van der Waals surface area contributed by atoms with E-state index in [0.717, 1.165) is 25.1 Å². The van der Waals surface area contributed by atoms with E-state index in [2.05, 4.69) is 10.3 Å². The van der Waals surface area contributed by atoms with Crippen molar-refractivity contribution in [1.29, 1.82) is 0 Å². The largest absolute Gasteiger partial charge is 0.481 e. The molecule has 2 unspecified atom stereocenters. The lowest BCUT2D eigenvalue weighted by molar-refractivity contribution is -0.142. The molecule has 0 amide bonds. The molecule has 1 saturated heterocycles. The first-order valence-corrected chi connectivity index (χ1v) is 5.62. The minimum Gasteiger partial charge on any atom is -0.481 e. The number of rotatable bonds is 3. The van der Waals surface area contributed by atoms with Gasteiger partial charge in [-0.2, -0.15) is 0 Å². The van der Waals surface area contributed by atoms with Crippen LogP contribution in [0.3, 0.4) is 0 Å². The van der Waals surface area contributed by atoms with E-state index in [9.17, 15) is 4.79 Å². The number of hydrogen-bond donors (Lipinski definition) is 2. The monoisotopic (exact) mass is 220 g/mol. The summed E-state index contributed by atoms with van der Waals surface area (Å²) in [7, 11) is 0. The normalized spacial score (nSPS) is 25.2. The van der Waals surface area contributed by atoms with Gasteiger partial charge in [-0.15, -0.1) is 0 Å². The highest BCUT2D eigenvalue weighted by molar-refractivity contribution is 5.70. The molecule has 0 bridgehead atoms. The Morgan fingerprint density at radius 2 is 2.44 bits per heavy atom. The van der Waals surface area contributed by atoms with Crippen molar-refractivity contribution in [1.82, 2.24) is 10.3 Å². The minimum atomic E-state index is -0.674. The van der Waals surface area contributed by atoms with Crippen LogP contribution in [0.4, 0.5) is 0 Å². The standard InChI is InChI=1S/C12H16N2O2/c15-12(16)9-4-6-14-11(7-9)8-10-3-1-2-5-13-10/h1-3,5,9,11,14H,4,6-8H2,(H,15,16). The Kier molecular flexibility index (Phi) is 3.51. The summed E-state index contributed by atoms with van der Waals surface area (Å²) in [4.78, 5) is 15.2. The van der Waals surface area contributed by atoms with Crippen LogP contribution in [-0.2, 0) is 11.2 Å². The molecule has 4 heteroatoms. The van der Waals surface area contributed by atoms with Crippen molar-refractivity contribution < 1.29 is 9.90 Å². The van der Waals surface area contributed by atoms with Gasteiger partial charge in [0.15, 0.2) is 0 Å². The predicted molar refractivity (Wildman–Crippen MR) is 60.1 cm³/mol. The van der Waals surface area contributed by atoms with Crippen molar-refractivity contribution in [2.24, 2.45) is 5.92 Å². The zero-order valence-electron chi connectivity index (χ0n) is 9.10. The van der Waals surface area contributed by atoms with Crippen LogP contribution in [-0.4, -0.2) is 28.6 Å². The molecular formula is C12H16N2O2. The number of nitrogens with zero attached hydrogens (tertiary/aromatic N) is 1. The van der Waals surface area contributed by atoms with E-state index in [4.69, 9.17) is 5.11 Å². The second-order valence-electron chi connectivity index (χ2n) is 4.24. The van der Waals surface area contributed by atoms with E-state index in [0.29, 0.717) is 6.42 Å². The fourth-order valence-electron chi connectivity index (χ4n) is 2.16. The number of nitrogens with one attached hydrogen (secondary N) is 1. The van der Waals surface area contributed by atoms with Crippen molar-refractivity contribution in [2.45, 2.75) is 25.3 Å². The van der Waals surface area contributed by atoms with Crippen LogP contribution in [0.1, 0.15) is 18.5 Å². The first-order chi connectivity index (χ1) is 7.75. The highest BCUT2D eigenvalue weighted by atomic mass is 16.4. The number of carboxylic acids is 1. The van der Waals surface area contributed by atoms with Crippen molar-refractivity contribution in [3.8, 4) is 0 Å². The quantitative estimate of drug-likeness (QED) is 0.800. The van der Waals surface area contributed by atoms with Gasteiger partial charge in [0.05, 0.1) is 5.92 Å². The molecule has 0 spiro atoms. The maximum absolute atomic E-state index is 10.9. The van der Waals surface area contributed by atoms with Gasteiger partial charge in [0.25, 0.3) is 0 Å². The number of aliphatic carboxylic acids is 1. The predicted octanol–water partition coefficient (Wildman–Crippen LogP) is 1.08. The number of hydrogen-bond acceptors (Lipinski definition) is 3. The molecule has 1 fully saturated rings. The summed E-state index contributed by atoms with van der Waals surface area (Å²) in [6.07, 6.45) is 4.01. The fourth-order valence-corrected chi connectivity index (χ4v) is 2.16. The zero-order valence-corrected chi connectivity index (χ0v) is 9.10. The van der Waals surface area contributed by atoms with Gasteiger partial charge in [-0.1, -0.05) is 6.07 Å². The Morgan fingerprint density at radius 3 is 3.12 bits per heavy atom. The summed E-state index contributed by atoms with van der Waals surface area (Å²) < 4.78 is 0. The summed E-state index contributed by atoms with van der Waals surface area (Å²) in [6.45, 7) is 0.786. The molecule has 2 atom stereocenters. The molecule has 4 nitrogen and oxygen atoms in total. The first-order valence-electron chi connectivity index (χ1n) is 5.62. The van der Waals surface area contributed by atoms with Crippen molar-refractivity contribution >= 4 is 5.97 Å². The number of carboxylic acid groups (broad SMARTS) is 1. The highest BCUT2D eigenvalue weighted by Crippen LogP contribution is 2.18. The third-order valence-electron chi connectivity index (χ3n) is 3.03. The summed E-state index contributed by atoms with van der Waals surface area (Å²) in [6, 6.07) is 6.06. The van der Waals surface area contributed by atoms with E-state index in [1.54, 1.807) is 6.20 Å². The molecule has 16 heavy (non-hydrogen) atoms. The van der Waals surface area contributed by atoms with Gasteiger partial charge < -0.3 is 10.4 Å². The summed E-state index contributed by atoms with van der Waals surface area (Å²) in [5, 5.41) is 12.3. The van der Waals surface area contributed by atoms with Gasteiger partial charge in [-0.3, -0.25) is 9.78 Å². The van der Waals surface area contributed by atoms with Crippen LogP contribution in [0.15, 0.2) is 24.4 Å². The van der Waals surface area contributed by atoms with Gasteiger partial charge in [-0.05, 0) is 31.5 Å². The van der Waals surface area contributed by atoms with Crippen molar-refractivity contribution in [2.75, 3.05) is 6.54 Å². The lowest BCUT2D eigenvalue weighted by Gasteiger charge is -2.27. The SMILES string of the molecule is O=C(O)C1CCNC(Cc2ccccn2)C1. The number of aromatic nitrogens is 1. The van der Waals surface area contributed by atoms with E-state index in [1.165, 1.54) is 0 Å². The molecule has 2 heterocycles. The molecule has 1 aliphatic heterocycles. The van der Waals surface area contributed by atoms with Crippen LogP contribution in [0, 0.1) is 5.92 Å². The zero-order chi connectivity index (χ0) is 11.4. The second kappa shape index (κ2) is 5.07. The van der Waals surface area contributed by atoms with Gasteiger partial charge in [0.1, 0.15) is 0 Å². The summed E-state index contributed by atoms with van der Waals surface area (Å²) in [5.74, 6) is -0.873.